The monoisotopic (exact) mass is 275 g/mol. The van der Waals surface area contributed by atoms with Crippen molar-refractivity contribution in [2.75, 3.05) is 19.0 Å². The number of urea groups is 1. The maximum absolute atomic E-state index is 11.6. The standard InChI is InChI=1S/C13H17N5O2/c1-20-11-6-4-10(5-7-11)17-13(19)14-8-2-3-12-15-9-16-18-12/h4-7,9H,2-3,8H2,1H3,(H2,14,17,19)(H,15,16,18). The number of rotatable bonds is 6. The lowest BCUT2D eigenvalue weighted by atomic mass is 10.3. The molecule has 20 heavy (non-hydrogen) atoms. The van der Waals surface area contributed by atoms with E-state index in [0.29, 0.717) is 6.54 Å². The highest BCUT2D eigenvalue weighted by Crippen LogP contribution is 2.14. The number of ether oxygens (including phenoxy) is 1. The number of carbonyl (C=O) groups is 1. The topological polar surface area (TPSA) is 91.9 Å². The molecule has 1 heterocycles. The summed E-state index contributed by atoms with van der Waals surface area (Å²) in [6.45, 7) is 0.572. The summed E-state index contributed by atoms with van der Waals surface area (Å²) in [6.07, 6.45) is 3.02. The highest BCUT2D eigenvalue weighted by Gasteiger charge is 2.02. The van der Waals surface area contributed by atoms with Crippen LogP contribution >= 0.6 is 0 Å². The van der Waals surface area contributed by atoms with Crippen LogP contribution in [0.2, 0.25) is 0 Å². The third kappa shape index (κ3) is 4.27. The first-order chi connectivity index (χ1) is 9.78. The summed E-state index contributed by atoms with van der Waals surface area (Å²) in [6, 6.07) is 6.92. The fraction of sp³-hybridized carbons (Fsp3) is 0.308. The van der Waals surface area contributed by atoms with E-state index >= 15 is 0 Å². The fourth-order valence-corrected chi connectivity index (χ4v) is 1.66. The Morgan fingerprint density at radius 1 is 1.35 bits per heavy atom. The summed E-state index contributed by atoms with van der Waals surface area (Å²) in [5, 5.41) is 12.1. The van der Waals surface area contributed by atoms with Gasteiger partial charge in [-0.05, 0) is 30.7 Å². The highest BCUT2D eigenvalue weighted by atomic mass is 16.5. The summed E-state index contributed by atoms with van der Waals surface area (Å²) in [4.78, 5) is 15.6. The van der Waals surface area contributed by atoms with Crippen LogP contribution in [0.25, 0.3) is 0 Å². The SMILES string of the molecule is COc1ccc(NC(=O)NCCCc2ncn[nH]2)cc1. The second kappa shape index (κ2) is 7.13. The van der Waals surface area contributed by atoms with Gasteiger partial charge in [0.05, 0.1) is 7.11 Å². The summed E-state index contributed by atoms with van der Waals surface area (Å²) >= 11 is 0. The number of nitrogens with zero attached hydrogens (tertiary/aromatic N) is 2. The quantitative estimate of drug-likeness (QED) is 0.698. The normalized spacial score (nSPS) is 10.1. The smallest absolute Gasteiger partial charge is 0.319 e. The van der Waals surface area contributed by atoms with Crippen LogP contribution in [0, 0.1) is 0 Å². The molecule has 7 nitrogen and oxygen atoms in total. The molecule has 0 spiro atoms. The third-order valence-electron chi connectivity index (χ3n) is 2.69. The average Bonchev–Trinajstić information content (AvgIpc) is 2.98. The van der Waals surface area contributed by atoms with Gasteiger partial charge < -0.3 is 15.4 Å². The Hall–Kier alpha value is -2.57. The van der Waals surface area contributed by atoms with Crippen LogP contribution in [-0.4, -0.2) is 34.9 Å². The molecule has 2 aromatic rings. The molecule has 3 N–H and O–H groups in total. The Morgan fingerprint density at radius 2 is 2.15 bits per heavy atom. The molecule has 0 fully saturated rings. The van der Waals surface area contributed by atoms with Gasteiger partial charge in [0.1, 0.15) is 17.9 Å². The number of amides is 2. The molecule has 0 aliphatic heterocycles. The van der Waals surface area contributed by atoms with Crippen LogP contribution in [-0.2, 0) is 6.42 Å². The van der Waals surface area contributed by atoms with Crippen LogP contribution in [0.4, 0.5) is 10.5 Å². The van der Waals surface area contributed by atoms with Crippen molar-refractivity contribution in [3.05, 3.63) is 36.4 Å². The molecule has 0 saturated heterocycles. The van der Waals surface area contributed by atoms with Crippen LogP contribution < -0.4 is 15.4 Å². The number of aromatic amines is 1. The van der Waals surface area contributed by atoms with Crippen molar-refractivity contribution in [1.82, 2.24) is 20.5 Å². The van der Waals surface area contributed by atoms with Gasteiger partial charge in [-0.25, -0.2) is 9.78 Å². The minimum atomic E-state index is -0.229. The zero-order chi connectivity index (χ0) is 14.2. The highest BCUT2D eigenvalue weighted by molar-refractivity contribution is 5.89. The Labute approximate surface area is 116 Å². The lowest BCUT2D eigenvalue weighted by Crippen LogP contribution is -2.29. The van der Waals surface area contributed by atoms with Crippen molar-refractivity contribution in [1.29, 1.82) is 0 Å². The molecule has 0 aliphatic carbocycles. The van der Waals surface area contributed by atoms with Gasteiger partial charge in [0.25, 0.3) is 0 Å². The maximum atomic E-state index is 11.6. The van der Waals surface area contributed by atoms with E-state index in [0.717, 1.165) is 30.1 Å². The predicted molar refractivity (Wildman–Crippen MR) is 74.7 cm³/mol. The molecule has 0 saturated carbocycles. The first-order valence-electron chi connectivity index (χ1n) is 6.31. The van der Waals surface area contributed by atoms with Crippen molar-refractivity contribution in [2.45, 2.75) is 12.8 Å². The predicted octanol–water partition coefficient (Wildman–Crippen LogP) is 1.57. The number of carbonyl (C=O) groups excluding carboxylic acids is 1. The molecule has 2 amide bonds. The lowest BCUT2D eigenvalue weighted by molar-refractivity contribution is 0.252. The van der Waals surface area contributed by atoms with Crippen LogP contribution in [0.3, 0.4) is 0 Å². The van der Waals surface area contributed by atoms with Gasteiger partial charge in [-0.3, -0.25) is 5.10 Å². The van der Waals surface area contributed by atoms with Gasteiger partial charge in [-0.15, -0.1) is 0 Å². The van der Waals surface area contributed by atoms with Crippen LogP contribution in [0.1, 0.15) is 12.2 Å². The average molecular weight is 275 g/mol. The number of aryl methyl sites for hydroxylation is 1. The number of aromatic nitrogens is 3. The van der Waals surface area contributed by atoms with Crippen molar-refractivity contribution in [3.8, 4) is 5.75 Å². The minimum Gasteiger partial charge on any atom is -0.497 e. The number of benzene rings is 1. The number of anilines is 1. The molecule has 0 aliphatic rings. The minimum absolute atomic E-state index is 0.229. The van der Waals surface area contributed by atoms with E-state index in [2.05, 4.69) is 25.8 Å². The molecule has 1 aromatic heterocycles. The first kappa shape index (κ1) is 13.9. The van der Waals surface area contributed by atoms with Gasteiger partial charge in [-0.2, -0.15) is 5.10 Å². The molecule has 0 radical (unpaired) electrons. The van der Waals surface area contributed by atoms with Crippen molar-refractivity contribution >= 4 is 11.7 Å². The molecule has 2 rings (SSSR count). The molecule has 0 unspecified atom stereocenters. The van der Waals surface area contributed by atoms with Gasteiger partial charge >= 0.3 is 6.03 Å². The lowest BCUT2D eigenvalue weighted by Gasteiger charge is -2.07. The number of hydrogen-bond donors (Lipinski definition) is 3. The van der Waals surface area contributed by atoms with E-state index in [4.69, 9.17) is 4.74 Å². The van der Waals surface area contributed by atoms with Crippen LogP contribution in [0.15, 0.2) is 30.6 Å². The molecule has 0 bridgehead atoms. The number of H-pyrrole nitrogens is 1. The summed E-state index contributed by atoms with van der Waals surface area (Å²) in [7, 11) is 1.60. The van der Waals surface area contributed by atoms with E-state index in [1.165, 1.54) is 6.33 Å². The summed E-state index contributed by atoms with van der Waals surface area (Å²) in [5.74, 6) is 1.57. The molecular weight excluding hydrogens is 258 g/mol. The Kier molecular flexibility index (Phi) is 4.94. The van der Waals surface area contributed by atoms with E-state index in [9.17, 15) is 4.79 Å². The molecule has 106 valence electrons. The number of hydrogen-bond acceptors (Lipinski definition) is 4. The van der Waals surface area contributed by atoms with Gasteiger partial charge in [0.15, 0.2) is 0 Å². The zero-order valence-electron chi connectivity index (χ0n) is 11.2. The number of nitrogens with one attached hydrogen (secondary N) is 3. The first-order valence-corrected chi connectivity index (χ1v) is 6.31. The van der Waals surface area contributed by atoms with Crippen molar-refractivity contribution in [3.63, 3.8) is 0 Å². The maximum Gasteiger partial charge on any atom is 0.319 e. The van der Waals surface area contributed by atoms with E-state index in [1.54, 1.807) is 31.4 Å². The number of methoxy groups -OCH3 is 1. The van der Waals surface area contributed by atoms with Gasteiger partial charge in [0, 0.05) is 18.7 Å². The van der Waals surface area contributed by atoms with E-state index in [1.807, 2.05) is 0 Å². The van der Waals surface area contributed by atoms with E-state index in [-0.39, 0.29) is 6.03 Å². The van der Waals surface area contributed by atoms with E-state index < -0.39 is 0 Å². The second-order valence-corrected chi connectivity index (χ2v) is 4.15. The fourth-order valence-electron chi connectivity index (χ4n) is 1.66. The Balaban J connectivity index is 1.66. The van der Waals surface area contributed by atoms with Gasteiger partial charge in [0.2, 0.25) is 0 Å². The Morgan fingerprint density at radius 3 is 2.80 bits per heavy atom. The van der Waals surface area contributed by atoms with Crippen molar-refractivity contribution in [2.24, 2.45) is 0 Å². The van der Waals surface area contributed by atoms with Crippen LogP contribution in [0.5, 0.6) is 5.75 Å². The second-order valence-electron chi connectivity index (χ2n) is 4.15. The molecule has 0 atom stereocenters. The molecule has 7 heteroatoms. The summed E-state index contributed by atoms with van der Waals surface area (Å²) < 4.78 is 5.05. The largest absolute Gasteiger partial charge is 0.497 e. The molecule has 1 aromatic carbocycles. The third-order valence-corrected chi connectivity index (χ3v) is 2.69. The zero-order valence-corrected chi connectivity index (χ0v) is 11.2. The van der Waals surface area contributed by atoms with Gasteiger partial charge in [-0.1, -0.05) is 0 Å². The summed E-state index contributed by atoms with van der Waals surface area (Å²) in [5.41, 5.74) is 0.721. The van der Waals surface area contributed by atoms with Crippen molar-refractivity contribution < 1.29 is 9.53 Å². The Bertz CT molecular complexity index is 524. The molecular formula is C13H17N5O2.